The lowest BCUT2D eigenvalue weighted by molar-refractivity contribution is -0.116. The smallest absolute Gasteiger partial charge is 0.224 e. The standard InChI is InChI=1S/C12H19N3O/c1-15(2)11-7-5-10(6-8-11)14-12(16)4-3-9-13/h5-8H,3-4,9,13H2,1-2H3,(H,14,16). The Labute approximate surface area is 96.4 Å². The van der Waals surface area contributed by atoms with Gasteiger partial charge in [0.05, 0.1) is 0 Å². The van der Waals surface area contributed by atoms with E-state index in [1.54, 1.807) is 0 Å². The van der Waals surface area contributed by atoms with Crippen molar-refractivity contribution in [2.75, 3.05) is 30.9 Å². The van der Waals surface area contributed by atoms with Crippen LogP contribution in [0.15, 0.2) is 24.3 Å². The molecule has 16 heavy (non-hydrogen) atoms. The number of carbonyl (C=O) groups excluding carboxylic acids is 1. The van der Waals surface area contributed by atoms with E-state index in [-0.39, 0.29) is 5.91 Å². The molecule has 3 N–H and O–H groups in total. The third kappa shape index (κ3) is 3.90. The highest BCUT2D eigenvalue weighted by molar-refractivity contribution is 5.90. The first-order valence-electron chi connectivity index (χ1n) is 5.41. The molecule has 1 amide bonds. The normalized spacial score (nSPS) is 9.94. The van der Waals surface area contributed by atoms with Gasteiger partial charge in [-0.1, -0.05) is 0 Å². The largest absolute Gasteiger partial charge is 0.378 e. The molecule has 1 aromatic carbocycles. The first kappa shape index (κ1) is 12.5. The van der Waals surface area contributed by atoms with Crippen molar-refractivity contribution in [3.05, 3.63) is 24.3 Å². The predicted octanol–water partition coefficient (Wildman–Crippen LogP) is 1.43. The van der Waals surface area contributed by atoms with E-state index in [4.69, 9.17) is 5.73 Å². The summed E-state index contributed by atoms with van der Waals surface area (Å²) >= 11 is 0. The lowest BCUT2D eigenvalue weighted by Crippen LogP contribution is -2.13. The minimum atomic E-state index is 0.0167. The Kier molecular flexibility index (Phi) is 4.79. The molecule has 0 aromatic heterocycles. The molecule has 0 aliphatic heterocycles. The van der Waals surface area contributed by atoms with Gasteiger partial charge in [-0.05, 0) is 37.2 Å². The van der Waals surface area contributed by atoms with E-state index in [2.05, 4.69) is 5.32 Å². The number of nitrogens with zero attached hydrogens (tertiary/aromatic N) is 1. The van der Waals surface area contributed by atoms with Crippen LogP contribution in [0.1, 0.15) is 12.8 Å². The van der Waals surface area contributed by atoms with Gasteiger partial charge in [-0.3, -0.25) is 4.79 Å². The van der Waals surface area contributed by atoms with Crippen molar-refractivity contribution in [1.29, 1.82) is 0 Å². The molecule has 0 aliphatic carbocycles. The number of hydrogen-bond acceptors (Lipinski definition) is 3. The lowest BCUT2D eigenvalue weighted by Gasteiger charge is -2.13. The molecule has 0 radical (unpaired) electrons. The Morgan fingerprint density at radius 1 is 1.31 bits per heavy atom. The third-order valence-corrected chi connectivity index (χ3v) is 2.28. The molecular formula is C12H19N3O. The minimum Gasteiger partial charge on any atom is -0.378 e. The molecule has 0 fully saturated rings. The first-order valence-corrected chi connectivity index (χ1v) is 5.41. The molecule has 4 heteroatoms. The zero-order valence-electron chi connectivity index (χ0n) is 9.86. The van der Waals surface area contributed by atoms with E-state index in [1.165, 1.54) is 0 Å². The van der Waals surface area contributed by atoms with Gasteiger partial charge in [0.15, 0.2) is 0 Å². The van der Waals surface area contributed by atoms with E-state index in [9.17, 15) is 4.79 Å². The molecule has 1 aromatic rings. The van der Waals surface area contributed by atoms with Gasteiger partial charge in [-0.15, -0.1) is 0 Å². The summed E-state index contributed by atoms with van der Waals surface area (Å²) in [7, 11) is 3.96. The lowest BCUT2D eigenvalue weighted by atomic mass is 10.2. The van der Waals surface area contributed by atoms with Gasteiger partial charge in [0.1, 0.15) is 0 Å². The van der Waals surface area contributed by atoms with E-state index in [1.807, 2.05) is 43.3 Å². The highest BCUT2D eigenvalue weighted by atomic mass is 16.1. The van der Waals surface area contributed by atoms with Gasteiger partial charge in [-0.25, -0.2) is 0 Å². The van der Waals surface area contributed by atoms with Gasteiger partial charge in [0.2, 0.25) is 5.91 Å². The van der Waals surface area contributed by atoms with E-state index >= 15 is 0 Å². The number of nitrogens with one attached hydrogen (secondary N) is 1. The molecule has 0 spiro atoms. The van der Waals surface area contributed by atoms with Gasteiger partial charge in [0, 0.05) is 31.9 Å². The first-order chi connectivity index (χ1) is 7.63. The topological polar surface area (TPSA) is 58.4 Å². The summed E-state index contributed by atoms with van der Waals surface area (Å²) in [5.74, 6) is 0.0167. The van der Waals surface area contributed by atoms with Crippen LogP contribution in [0.3, 0.4) is 0 Å². The fourth-order valence-corrected chi connectivity index (χ4v) is 1.33. The van der Waals surface area contributed by atoms with E-state index in [0.717, 1.165) is 17.8 Å². The van der Waals surface area contributed by atoms with Crippen molar-refractivity contribution >= 4 is 17.3 Å². The number of anilines is 2. The molecule has 0 atom stereocenters. The zero-order valence-corrected chi connectivity index (χ0v) is 9.86. The summed E-state index contributed by atoms with van der Waals surface area (Å²) in [4.78, 5) is 13.4. The van der Waals surface area contributed by atoms with Crippen molar-refractivity contribution in [3.8, 4) is 0 Å². The van der Waals surface area contributed by atoms with Crippen LogP contribution in [-0.4, -0.2) is 26.5 Å². The number of rotatable bonds is 5. The predicted molar refractivity (Wildman–Crippen MR) is 67.7 cm³/mol. The second-order valence-electron chi connectivity index (χ2n) is 3.88. The Bertz CT molecular complexity index is 333. The van der Waals surface area contributed by atoms with Gasteiger partial charge >= 0.3 is 0 Å². The number of carbonyl (C=O) groups is 1. The maximum absolute atomic E-state index is 11.4. The Hall–Kier alpha value is -1.55. The second kappa shape index (κ2) is 6.12. The molecule has 1 rings (SSSR count). The number of amides is 1. The Morgan fingerprint density at radius 3 is 2.44 bits per heavy atom. The van der Waals surface area contributed by atoms with Crippen LogP contribution in [0.4, 0.5) is 11.4 Å². The van der Waals surface area contributed by atoms with Crippen LogP contribution >= 0.6 is 0 Å². The van der Waals surface area contributed by atoms with Crippen LogP contribution in [0.5, 0.6) is 0 Å². The molecule has 0 bridgehead atoms. The minimum absolute atomic E-state index is 0.0167. The highest BCUT2D eigenvalue weighted by Gasteiger charge is 2.01. The SMILES string of the molecule is CN(C)c1ccc(NC(=O)CCCN)cc1. The molecule has 4 nitrogen and oxygen atoms in total. The highest BCUT2D eigenvalue weighted by Crippen LogP contribution is 2.15. The fourth-order valence-electron chi connectivity index (χ4n) is 1.33. The maximum atomic E-state index is 11.4. The van der Waals surface area contributed by atoms with Crippen molar-refractivity contribution in [2.45, 2.75) is 12.8 Å². The van der Waals surface area contributed by atoms with Crippen LogP contribution < -0.4 is 16.0 Å². The van der Waals surface area contributed by atoms with Gasteiger partial charge in [-0.2, -0.15) is 0 Å². The molecule has 0 saturated heterocycles. The summed E-state index contributed by atoms with van der Waals surface area (Å²) in [6, 6.07) is 7.74. The fraction of sp³-hybridized carbons (Fsp3) is 0.417. The third-order valence-electron chi connectivity index (χ3n) is 2.28. The van der Waals surface area contributed by atoms with Gasteiger partial charge in [0.25, 0.3) is 0 Å². The molecule has 0 saturated carbocycles. The Morgan fingerprint density at radius 2 is 1.94 bits per heavy atom. The summed E-state index contributed by atoms with van der Waals surface area (Å²) in [5, 5.41) is 2.83. The average molecular weight is 221 g/mol. The van der Waals surface area contributed by atoms with E-state index in [0.29, 0.717) is 13.0 Å². The number of nitrogens with two attached hydrogens (primary N) is 1. The van der Waals surface area contributed by atoms with Crippen LogP contribution in [-0.2, 0) is 4.79 Å². The molecule has 0 unspecified atom stereocenters. The van der Waals surface area contributed by atoms with Crippen LogP contribution in [0, 0.1) is 0 Å². The van der Waals surface area contributed by atoms with Crippen LogP contribution in [0.25, 0.3) is 0 Å². The van der Waals surface area contributed by atoms with Crippen molar-refractivity contribution in [1.82, 2.24) is 0 Å². The summed E-state index contributed by atoms with van der Waals surface area (Å²) < 4.78 is 0. The van der Waals surface area contributed by atoms with Crippen LogP contribution in [0.2, 0.25) is 0 Å². The Balaban J connectivity index is 2.51. The molecule has 0 aliphatic rings. The summed E-state index contributed by atoms with van der Waals surface area (Å²) in [6.07, 6.45) is 1.20. The zero-order chi connectivity index (χ0) is 12.0. The monoisotopic (exact) mass is 221 g/mol. The molecule has 88 valence electrons. The second-order valence-corrected chi connectivity index (χ2v) is 3.88. The molecular weight excluding hydrogens is 202 g/mol. The average Bonchev–Trinajstić information content (AvgIpc) is 2.27. The number of benzene rings is 1. The summed E-state index contributed by atoms with van der Waals surface area (Å²) in [5.41, 5.74) is 7.28. The maximum Gasteiger partial charge on any atom is 0.224 e. The van der Waals surface area contributed by atoms with Crippen molar-refractivity contribution in [3.63, 3.8) is 0 Å². The number of hydrogen-bond donors (Lipinski definition) is 2. The van der Waals surface area contributed by atoms with Crippen molar-refractivity contribution < 1.29 is 4.79 Å². The quantitative estimate of drug-likeness (QED) is 0.790. The van der Waals surface area contributed by atoms with E-state index < -0.39 is 0 Å². The van der Waals surface area contributed by atoms with Crippen molar-refractivity contribution in [2.24, 2.45) is 5.73 Å². The summed E-state index contributed by atoms with van der Waals surface area (Å²) in [6.45, 7) is 0.549. The molecule has 0 heterocycles. The van der Waals surface area contributed by atoms with Gasteiger partial charge < -0.3 is 16.0 Å².